The van der Waals surface area contributed by atoms with Crippen LogP contribution >= 0.6 is 0 Å². The van der Waals surface area contributed by atoms with E-state index < -0.39 is 24.1 Å². The number of aromatic nitrogens is 3. The summed E-state index contributed by atoms with van der Waals surface area (Å²) in [4.78, 5) is 22.5. The molecular formula is C18H18F5N5O. The number of carbonyl (C=O) groups is 1. The number of nitrogens with one attached hydrogen (secondary N) is 2. The van der Waals surface area contributed by atoms with Gasteiger partial charge in [0.15, 0.2) is 0 Å². The molecule has 11 heteroatoms. The first-order chi connectivity index (χ1) is 13.6. The predicted octanol–water partition coefficient (Wildman–Crippen LogP) is 3.25. The summed E-state index contributed by atoms with van der Waals surface area (Å²) in [5.41, 5.74) is 0.0107. The van der Waals surface area contributed by atoms with Crippen LogP contribution in [0.3, 0.4) is 0 Å². The highest BCUT2D eigenvalue weighted by Crippen LogP contribution is 2.28. The Morgan fingerprint density at radius 1 is 1.17 bits per heavy atom. The number of amides is 1. The summed E-state index contributed by atoms with van der Waals surface area (Å²) in [5.74, 6) is -1.61. The molecule has 2 N–H and O–H groups in total. The second kappa shape index (κ2) is 8.36. The Labute approximate surface area is 163 Å². The van der Waals surface area contributed by atoms with Crippen molar-refractivity contribution in [1.29, 1.82) is 0 Å². The van der Waals surface area contributed by atoms with E-state index in [-0.39, 0.29) is 41.2 Å². The summed E-state index contributed by atoms with van der Waals surface area (Å²) in [6.07, 6.45) is -3.07. The molecule has 1 aliphatic rings. The summed E-state index contributed by atoms with van der Waals surface area (Å²) >= 11 is 0. The number of rotatable bonds is 5. The van der Waals surface area contributed by atoms with E-state index in [0.717, 1.165) is 25.0 Å². The van der Waals surface area contributed by atoms with Gasteiger partial charge in [-0.25, -0.2) is 18.7 Å². The van der Waals surface area contributed by atoms with Crippen molar-refractivity contribution in [1.82, 2.24) is 25.6 Å². The first-order valence-corrected chi connectivity index (χ1v) is 8.85. The Kier molecular flexibility index (Phi) is 6.06. The van der Waals surface area contributed by atoms with Gasteiger partial charge < -0.3 is 10.6 Å². The molecule has 3 rings (SSSR count). The van der Waals surface area contributed by atoms with Crippen molar-refractivity contribution in [3.8, 4) is 11.1 Å². The second-order valence-corrected chi connectivity index (χ2v) is 6.78. The number of halogens is 5. The number of hydrogen-bond donors (Lipinski definition) is 2. The molecule has 29 heavy (non-hydrogen) atoms. The zero-order valence-corrected chi connectivity index (χ0v) is 15.3. The smallest absolute Gasteiger partial charge is 0.351 e. The van der Waals surface area contributed by atoms with Crippen LogP contribution < -0.4 is 10.6 Å². The fourth-order valence-corrected chi connectivity index (χ4v) is 3.08. The monoisotopic (exact) mass is 415 g/mol. The van der Waals surface area contributed by atoms with Crippen molar-refractivity contribution < 1.29 is 26.7 Å². The molecule has 0 saturated carbocycles. The van der Waals surface area contributed by atoms with E-state index in [1.807, 2.05) is 6.92 Å². The maximum atomic E-state index is 13.3. The van der Waals surface area contributed by atoms with Gasteiger partial charge in [-0.15, -0.1) is 0 Å². The summed E-state index contributed by atoms with van der Waals surface area (Å²) in [6.45, 7) is 1.76. The standard InChI is InChI=1S/C18H18F5N5O/c1-9-2-3-13(28-9)16(29)25-6-11-4-10(5-24-14(11)15(19)20)12-7-26-17(27-8-12)18(21,22)23/h4-5,7-9,13,15,28H,2-3,6H2,1H3,(H,25,29). The van der Waals surface area contributed by atoms with Gasteiger partial charge in [-0.2, -0.15) is 13.2 Å². The van der Waals surface area contributed by atoms with E-state index in [1.54, 1.807) is 0 Å². The Bertz CT molecular complexity index is 872. The first kappa shape index (κ1) is 21.0. The molecule has 2 atom stereocenters. The number of hydrogen-bond acceptors (Lipinski definition) is 5. The van der Waals surface area contributed by atoms with Crippen molar-refractivity contribution in [3.05, 3.63) is 41.7 Å². The summed E-state index contributed by atoms with van der Waals surface area (Å²) in [7, 11) is 0. The van der Waals surface area contributed by atoms with Crippen molar-refractivity contribution in [2.24, 2.45) is 0 Å². The third kappa shape index (κ3) is 5.03. The average molecular weight is 415 g/mol. The predicted molar refractivity (Wildman–Crippen MR) is 92.7 cm³/mol. The van der Waals surface area contributed by atoms with Crippen molar-refractivity contribution in [3.63, 3.8) is 0 Å². The summed E-state index contributed by atoms with van der Waals surface area (Å²) in [6, 6.07) is 1.15. The van der Waals surface area contributed by atoms with Gasteiger partial charge in [0.05, 0.1) is 6.04 Å². The highest BCUT2D eigenvalue weighted by molar-refractivity contribution is 5.82. The lowest BCUT2D eigenvalue weighted by Gasteiger charge is -2.15. The van der Waals surface area contributed by atoms with Crippen LogP contribution in [0, 0.1) is 0 Å². The zero-order valence-electron chi connectivity index (χ0n) is 15.3. The molecule has 2 unspecified atom stereocenters. The first-order valence-electron chi connectivity index (χ1n) is 8.85. The fraction of sp³-hybridized carbons (Fsp3) is 0.444. The van der Waals surface area contributed by atoms with Crippen molar-refractivity contribution >= 4 is 5.91 Å². The van der Waals surface area contributed by atoms with Crippen molar-refractivity contribution in [2.75, 3.05) is 0 Å². The van der Waals surface area contributed by atoms with Crippen LogP contribution in [0.5, 0.6) is 0 Å². The SMILES string of the molecule is CC1CCC(C(=O)NCc2cc(-c3cnc(C(F)(F)F)nc3)cnc2C(F)F)N1. The van der Waals surface area contributed by atoms with Gasteiger partial charge in [0, 0.05) is 42.3 Å². The minimum atomic E-state index is -4.68. The van der Waals surface area contributed by atoms with Gasteiger partial charge in [0.1, 0.15) is 5.69 Å². The van der Waals surface area contributed by atoms with Gasteiger partial charge in [0.2, 0.25) is 11.7 Å². The zero-order chi connectivity index (χ0) is 21.2. The minimum absolute atomic E-state index is 0.0665. The molecular weight excluding hydrogens is 397 g/mol. The lowest BCUT2D eigenvalue weighted by molar-refractivity contribution is -0.145. The highest BCUT2D eigenvalue weighted by Gasteiger charge is 2.34. The maximum absolute atomic E-state index is 13.3. The summed E-state index contributed by atoms with van der Waals surface area (Å²) in [5, 5.41) is 5.71. The molecule has 2 aromatic rings. The van der Waals surface area contributed by atoms with Crippen LogP contribution in [-0.2, 0) is 17.5 Å². The van der Waals surface area contributed by atoms with Gasteiger partial charge in [-0.1, -0.05) is 0 Å². The summed E-state index contributed by atoms with van der Waals surface area (Å²) < 4.78 is 64.3. The van der Waals surface area contributed by atoms with Crippen LogP contribution in [0.15, 0.2) is 24.7 Å². The number of nitrogens with zero attached hydrogens (tertiary/aromatic N) is 3. The van der Waals surface area contributed by atoms with Crippen LogP contribution in [0.2, 0.25) is 0 Å². The Balaban J connectivity index is 1.79. The molecule has 0 aromatic carbocycles. The molecule has 0 aliphatic carbocycles. The largest absolute Gasteiger partial charge is 0.451 e. The molecule has 6 nitrogen and oxygen atoms in total. The van der Waals surface area contributed by atoms with Crippen LogP contribution in [-0.4, -0.2) is 32.9 Å². The van der Waals surface area contributed by atoms with Crippen LogP contribution in [0.4, 0.5) is 22.0 Å². The number of alkyl halides is 5. The van der Waals surface area contributed by atoms with Crippen LogP contribution in [0.25, 0.3) is 11.1 Å². The molecule has 1 amide bonds. The highest BCUT2D eigenvalue weighted by atomic mass is 19.4. The molecule has 0 radical (unpaired) electrons. The molecule has 0 spiro atoms. The van der Waals surface area contributed by atoms with Gasteiger partial charge >= 0.3 is 6.18 Å². The normalized spacial score (nSPS) is 19.6. The minimum Gasteiger partial charge on any atom is -0.351 e. The maximum Gasteiger partial charge on any atom is 0.451 e. The lowest BCUT2D eigenvalue weighted by atomic mass is 10.1. The van der Waals surface area contributed by atoms with E-state index in [1.165, 1.54) is 6.07 Å². The quantitative estimate of drug-likeness (QED) is 0.733. The molecule has 156 valence electrons. The second-order valence-electron chi connectivity index (χ2n) is 6.78. The van der Waals surface area contributed by atoms with E-state index >= 15 is 0 Å². The van der Waals surface area contributed by atoms with Gasteiger partial charge in [-0.05, 0) is 31.4 Å². The van der Waals surface area contributed by atoms with Gasteiger partial charge in [-0.3, -0.25) is 9.78 Å². The van der Waals surface area contributed by atoms with Crippen LogP contribution in [0.1, 0.15) is 43.3 Å². The fourth-order valence-electron chi connectivity index (χ4n) is 3.08. The topological polar surface area (TPSA) is 79.8 Å². The number of pyridine rings is 1. The van der Waals surface area contributed by atoms with Gasteiger partial charge in [0.25, 0.3) is 6.43 Å². The molecule has 1 fully saturated rings. The molecule has 1 saturated heterocycles. The lowest BCUT2D eigenvalue weighted by Crippen LogP contribution is -2.41. The average Bonchev–Trinajstić information content (AvgIpc) is 3.11. The molecule has 0 bridgehead atoms. The number of carbonyl (C=O) groups excluding carboxylic acids is 1. The van der Waals surface area contributed by atoms with Crippen molar-refractivity contribution in [2.45, 2.75) is 51.0 Å². The molecule has 3 heterocycles. The van der Waals surface area contributed by atoms with E-state index in [9.17, 15) is 26.7 Å². The van der Waals surface area contributed by atoms with E-state index in [0.29, 0.717) is 6.42 Å². The Hall–Kier alpha value is -2.69. The molecule has 2 aromatic heterocycles. The molecule has 1 aliphatic heterocycles. The Morgan fingerprint density at radius 3 is 2.38 bits per heavy atom. The Morgan fingerprint density at radius 2 is 1.83 bits per heavy atom. The third-order valence-corrected chi connectivity index (χ3v) is 4.59. The van der Waals surface area contributed by atoms with E-state index in [4.69, 9.17) is 0 Å². The third-order valence-electron chi connectivity index (χ3n) is 4.59. The van der Waals surface area contributed by atoms with E-state index in [2.05, 4.69) is 25.6 Å².